The molecule has 2 saturated heterocycles. The Morgan fingerprint density at radius 2 is 1.94 bits per heavy atom. The van der Waals surface area contributed by atoms with Crippen molar-refractivity contribution in [3.05, 3.63) is 58.4 Å². The number of nitrogens with zero attached hydrogens (tertiary/aromatic N) is 3. The van der Waals surface area contributed by atoms with Crippen LogP contribution in [0, 0.1) is 13.8 Å². The highest BCUT2D eigenvalue weighted by molar-refractivity contribution is 5.94. The summed E-state index contributed by atoms with van der Waals surface area (Å²) in [7, 11) is 0. The van der Waals surface area contributed by atoms with Crippen LogP contribution in [0.3, 0.4) is 0 Å². The molecule has 2 bridgehead atoms. The van der Waals surface area contributed by atoms with Gasteiger partial charge in [-0.15, -0.1) is 0 Å². The van der Waals surface area contributed by atoms with Crippen molar-refractivity contribution in [2.75, 3.05) is 26.2 Å². The van der Waals surface area contributed by atoms with Gasteiger partial charge in [0.1, 0.15) is 18.1 Å². The maximum absolute atomic E-state index is 12.9. The summed E-state index contributed by atoms with van der Waals surface area (Å²) in [4.78, 5) is 20.6. The molecule has 3 atom stereocenters. The molecule has 3 heterocycles. The SMILES string of the molecule is Cc1c(OCCN)ccc([C@H](C)N2C[C@H]3C[C@@H]2CN3C(=O)c2ccc(C(F)(F)F)nc2)c1C. The Balaban J connectivity index is 1.44. The Bertz CT molecular complexity index is 1030. The van der Waals surface area contributed by atoms with Crippen molar-refractivity contribution in [2.24, 2.45) is 5.73 Å². The molecular weight excluding hydrogens is 433 g/mol. The van der Waals surface area contributed by atoms with Gasteiger partial charge in [0.25, 0.3) is 5.91 Å². The number of carbonyl (C=O) groups is 1. The maximum Gasteiger partial charge on any atom is 0.433 e. The van der Waals surface area contributed by atoms with Crippen molar-refractivity contribution in [2.45, 2.75) is 51.5 Å². The third-order valence-corrected chi connectivity index (χ3v) is 6.95. The van der Waals surface area contributed by atoms with Crippen LogP contribution in [0.1, 0.15) is 52.1 Å². The van der Waals surface area contributed by atoms with Gasteiger partial charge >= 0.3 is 6.18 Å². The standard InChI is InChI=1S/C24H29F3N4O2/c1-14-15(2)21(33-9-8-28)6-5-20(14)16(3)30-12-19-10-18(30)13-31(19)23(32)17-4-7-22(29-11-17)24(25,26)27/h4-7,11,16,18-19H,8-10,12-13,28H2,1-3H3/t16-,18+,19+/m0/s1. The van der Waals surface area contributed by atoms with E-state index in [1.54, 1.807) is 4.90 Å². The number of hydrogen-bond donors (Lipinski definition) is 1. The van der Waals surface area contributed by atoms with Crippen LogP contribution in [-0.4, -0.2) is 59.0 Å². The number of carbonyl (C=O) groups excluding carboxylic acids is 1. The third-order valence-electron chi connectivity index (χ3n) is 6.95. The average molecular weight is 463 g/mol. The predicted molar refractivity (Wildman–Crippen MR) is 118 cm³/mol. The highest BCUT2D eigenvalue weighted by atomic mass is 19.4. The lowest BCUT2D eigenvalue weighted by Gasteiger charge is -2.38. The van der Waals surface area contributed by atoms with E-state index < -0.39 is 11.9 Å². The summed E-state index contributed by atoms with van der Waals surface area (Å²) >= 11 is 0. The van der Waals surface area contributed by atoms with Crippen molar-refractivity contribution >= 4 is 5.91 Å². The van der Waals surface area contributed by atoms with E-state index in [4.69, 9.17) is 10.5 Å². The number of aromatic nitrogens is 1. The maximum atomic E-state index is 12.9. The fourth-order valence-corrected chi connectivity index (χ4v) is 5.05. The first-order valence-electron chi connectivity index (χ1n) is 11.1. The number of nitrogens with two attached hydrogens (primary N) is 1. The van der Waals surface area contributed by atoms with Crippen molar-refractivity contribution in [3.63, 3.8) is 0 Å². The molecule has 0 saturated carbocycles. The summed E-state index contributed by atoms with van der Waals surface area (Å²) in [5, 5.41) is 0. The van der Waals surface area contributed by atoms with Crippen LogP contribution >= 0.6 is 0 Å². The molecular formula is C24H29F3N4O2. The number of alkyl halides is 3. The predicted octanol–water partition coefficient (Wildman–Crippen LogP) is 3.71. The Morgan fingerprint density at radius 3 is 2.52 bits per heavy atom. The Kier molecular flexibility index (Phi) is 6.37. The van der Waals surface area contributed by atoms with Gasteiger partial charge in [0.2, 0.25) is 0 Å². The Hall–Kier alpha value is -2.65. The first-order chi connectivity index (χ1) is 15.6. The lowest BCUT2D eigenvalue weighted by Crippen LogP contribution is -2.49. The van der Waals surface area contributed by atoms with E-state index in [0.717, 1.165) is 36.5 Å². The number of piperazine rings is 1. The number of ether oxygens (including phenoxy) is 1. The van der Waals surface area contributed by atoms with E-state index in [-0.39, 0.29) is 29.6 Å². The molecule has 9 heteroatoms. The van der Waals surface area contributed by atoms with E-state index >= 15 is 0 Å². The molecule has 1 amide bonds. The summed E-state index contributed by atoms with van der Waals surface area (Å²) in [6.45, 7) is 8.55. The molecule has 0 spiro atoms. The van der Waals surface area contributed by atoms with Gasteiger partial charge in [-0.05, 0) is 62.1 Å². The molecule has 178 valence electrons. The minimum Gasteiger partial charge on any atom is -0.492 e. The van der Waals surface area contributed by atoms with Gasteiger partial charge < -0.3 is 15.4 Å². The molecule has 33 heavy (non-hydrogen) atoms. The minimum atomic E-state index is -4.52. The molecule has 4 rings (SSSR count). The molecule has 0 unspecified atom stereocenters. The number of fused-ring (bicyclic) bond motifs is 2. The lowest BCUT2D eigenvalue weighted by atomic mass is 9.96. The van der Waals surface area contributed by atoms with Crippen LogP contribution in [-0.2, 0) is 6.18 Å². The Labute approximate surface area is 191 Å². The summed E-state index contributed by atoms with van der Waals surface area (Å²) in [6, 6.07) is 6.59. The number of benzene rings is 1. The van der Waals surface area contributed by atoms with Crippen LogP contribution in [0.15, 0.2) is 30.5 Å². The fourth-order valence-electron chi connectivity index (χ4n) is 5.05. The molecule has 2 aromatic rings. The van der Waals surface area contributed by atoms with E-state index in [0.29, 0.717) is 19.7 Å². The zero-order valence-corrected chi connectivity index (χ0v) is 19.0. The van der Waals surface area contributed by atoms with E-state index in [1.165, 1.54) is 17.2 Å². The second kappa shape index (κ2) is 8.95. The summed E-state index contributed by atoms with van der Waals surface area (Å²) < 4.78 is 44.0. The zero-order valence-electron chi connectivity index (χ0n) is 19.0. The number of likely N-dealkylation sites (tertiary alicyclic amines) is 2. The van der Waals surface area contributed by atoms with E-state index in [9.17, 15) is 18.0 Å². The molecule has 1 aromatic heterocycles. The normalized spacial score (nSPS) is 21.5. The molecule has 1 aromatic carbocycles. The highest BCUT2D eigenvalue weighted by Crippen LogP contribution is 2.39. The van der Waals surface area contributed by atoms with Crippen molar-refractivity contribution < 1.29 is 22.7 Å². The fraction of sp³-hybridized carbons (Fsp3) is 0.500. The molecule has 0 aliphatic carbocycles. The van der Waals surface area contributed by atoms with Gasteiger partial charge in [0, 0.05) is 44.0 Å². The zero-order chi connectivity index (χ0) is 23.9. The second-order valence-electron chi connectivity index (χ2n) is 8.84. The van der Waals surface area contributed by atoms with E-state index in [1.807, 2.05) is 13.0 Å². The number of pyridine rings is 1. The molecule has 2 aliphatic rings. The van der Waals surface area contributed by atoms with Crippen molar-refractivity contribution in [1.82, 2.24) is 14.8 Å². The van der Waals surface area contributed by atoms with Crippen LogP contribution in [0.4, 0.5) is 13.2 Å². The molecule has 6 nitrogen and oxygen atoms in total. The molecule has 2 N–H and O–H groups in total. The van der Waals surface area contributed by atoms with Crippen LogP contribution < -0.4 is 10.5 Å². The summed E-state index contributed by atoms with van der Waals surface area (Å²) in [6.07, 6.45) is -2.63. The van der Waals surface area contributed by atoms with Crippen LogP contribution in [0.25, 0.3) is 0 Å². The van der Waals surface area contributed by atoms with Gasteiger partial charge in [-0.1, -0.05) is 6.07 Å². The first-order valence-corrected chi connectivity index (χ1v) is 11.1. The molecule has 2 aliphatic heterocycles. The monoisotopic (exact) mass is 462 g/mol. The summed E-state index contributed by atoms with van der Waals surface area (Å²) in [5.41, 5.74) is 8.25. The van der Waals surface area contributed by atoms with Crippen LogP contribution in [0.2, 0.25) is 0 Å². The number of hydrogen-bond acceptors (Lipinski definition) is 5. The number of halogens is 3. The van der Waals surface area contributed by atoms with Gasteiger partial charge in [-0.3, -0.25) is 14.7 Å². The van der Waals surface area contributed by atoms with E-state index in [2.05, 4.69) is 29.8 Å². The van der Waals surface area contributed by atoms with Crippen molar-refractivity contribution in [1.29, 1.82) is 0 Å². The molecule has 2 fully saturated rings. The second-order valence-corrected chi connectivity index (χ2v) is 8.84. The highest BCUT2D eigenvalue weighted by Gasteiger charge is 2.47. The third kappa shape index (κ3) is 4.44. The number of amides is 1. The minimum absolute atomic E-state index is 0.0424. The average Bonchev–Trinajstić information content (AvgIpc) is 3.40. The smallest absolute Gasteiger partial charge is 0.433 e. The largest absolute Gasteiger partial charge is 0.492 e. The topological polar surface area (TPSA) is 71.7 Å². The van der Waals surface area contributed by atoms with Gasteiger partial charge in [0.05, 0.1) is 5.56 Å². The van der Waals surface area contributed by atoms with Gasteiger partial charge in [-0.25, -0.2) is 0 Å². The van der Waals surface area contributed by atoms with Crippen molar-refractivity contribution in [3.8, 4) is 5.75 Å². The van der Waals surface area contributed by atoms with Crippen LogP contribution in [0.5, 0.6) is 5.75 Å². The van der Waals surface area contributed by atoms with Gasteiger partial charge in [0.15, 0.2) is 0 Å². The quantitative estimate of drug-likeness (QED) is 0.709. The lowest BCUT2D eigenvalue weighted by molar-refractivity contribution is -0.141. The van der Waals surface area contributed by atoms with Gasteiger partial charge in [-0.2, -0.15) is 13.2 Å². The summed E-state index contributed by atoms with van der Waals surface area (Å²) in [5.74, 6) is 0.586. The first kappa shape index (κ1) is 23.5. The Morgan fingerprint density at radius 1 is 1.18 bits per heavy atom. The number of rotatable bonds is 6. The molecule has 0 radical (unpaired) electrons.